The number of aliphatic carboxylic acids is 3. The second-order valence-electron chi connectivity index (χ2n) is 18.4. The van der Waals surface area contributed by atoms with Crippen molar-refractivity contribution in [1.29, 1.82) is 0 Å². The summed E-state index contributed by atoms with van der Waals surface area (Å²) in [5, 5.41) is 45.1. The molecular formula is C50H84N4O13. The number of nitrogens with one attached hydrogen (secondary N) is 3. The molecule has 9 N–H and O–H groups in total. The lowest BCUT2D eigenvalue weighted by Gasteiger charge is -2.19. The Bertz CT molecular complexity index is 1700. The Labute approximate surface area is 399 Å². The topological polar surface area (TPSA) is 297 Å². The number of phenols is 1. The highest BCUT2D eigenvalue weighted by Gasteiger charge is 2.28. The van der Waals surface area contributed by atoms with E-state index in [0.29, 0.717) is 32.1 Å². The lowest BCUT2D eigenvalue weighted by molar-refractivity contribution is -0.143. The van der Waals surface area contributed by atoms with E-state index in [-0.39, 0.29) is 90.4 Å². The summed E-state index contributed by atoms with van der Waals surface area (Å²) in [6.07, 6.45) is 15.4. The molecule has 4 amide bonds. The maximum atomic E-state index is 13.5. The minimum atomic E-state index is -1.41. The van der Waals surface area contributed by atoms with Crippen LogP contribution in [0.1, 0.15) is 189 Å². The van der Waals surface area contributed by atoms with Crippen molar-refractivity contribution >= 4 is 53.1 Å². The number of hydrogen-bond acceptors (Lipinski definition) is 10. The van der Waals surface area contributed by atoms with Gasteiger partial charge < -0.3 is 42.1 Å². The SMILES string of the molecule is CC(C)CC(=O)C[C@@H](CCCCNC(=O)CC[C@H](NC(=O)CC[C@H](NC(=O)CCCCCCCCCCCCCCCCC(=O)O)C(=O)O)C(=O)O)C(=O)C[C@@H](Cc1ccc(O)cc1)C(N)=O.[HH].[HH]. The van der Waals surface area contributed by atoms with Gasteiger partial charge in [0.2, 0.25) is 23.6 Å². The third-order valence-electron chi connectivity index (χ3n) is 11.8. The first-order valence-corrected chi connectivity index (χ1v) is 24.5. The molecule has 0 saturated carbocycles. The molecule has 0 aliphatic rings. The summed E-state index contributed by atoms with van der Waals surface area (Å²) in [5.41, 5.74) is 6.36. The first kappa shape index (κ1) is 59.7. The van der Waals surface area contributed by atoms with E-state index in [1.54, 1.807) is 12.1 Å². The number of nitrogens with two attached hydrogens (primary N) is 1. The van der Waals surface area contributed by atoms with E-state index in [9.17, 15) is 58.5 Å². The second kappa shape index (κ2) is 35.8. The van der Waals surface area contributed by atoms with Gasteiger partial charge in [-0.25, -0.2) is 9.59 Å². The normalized spacial score (nSPS) is 12.9. The zero-order chi connectivity index (χ0) is 50.0. The minimum absolute atomic E-state index is 0. The summed E-state index contributed by atoms with van der Waals surface area (Å²) >= 11 is 0. The van der Waals surface area contributed by atoms with Crippen molar-refractivity contribution in [3.05, 3.63) is 29.8 Å². The van der Waals surface area contributed by atoms with Crippen molar-refractivity contribution < 1.29 is 66.4 Å². The van der Waals surface area contributed by atoms with Gasteiger partial charge in [0.1, 0.15) is 29.4 Å². The molecule has 0 spiro atoms. The summed E-state index contributed by atoms with van der Waals surface area (Å²) in [6, 6.07) is 3.50. The predicted molar refractivity (Wildman–Crippen MR) is 257 cm³/mol. The average molecular weight is 949 g/mol. The fraction of sp³-hybridized carbons (Fsp3) is 0.700. The molecule has 0 unspecified atom stereocenters. The fourth-order valence-electron chi connectivity index (χ4n) is 7.90. The van der Waals surface area contributed by atoms with E-state index in [2.05, 4.69) is 16.0 Å². The van der Waals surface area contributed by atoms with Gasteiger partial charge in [0.05, 0.1) is 0 Å². The van der Waals surface area contributed by atoms with Crippen LogP contribution in [0.25, 0.3) is 0 Å². The van der Waals surface area contributed by atoms with E-state index in [0.717, 1.165) is 63.4 Å². The largest absolute Gasteiger partial charge is 0.508 e. The second-order valence-corrected chi connectivity index (χ2v) is 18.4. The quantitative estimate of drug-likeness (QED) is 0.0296. The summed E-state index contributed by atoms with van der Waals surface area (Å²) in [7, 11) is 0. The number of carboxylic acid groups (broad SMARTS) is 3. The number of amides is 4. The van der Waals surface area contributed by atoms with Crippen LogP contribution in [-0.2, 0) is 49.6 Å². The smallest absolute Gasteiger partial charge is 0.326 e. The molecule has 0 aromatic heterocycles. The first-order chi connectivity index (χ1) is 31.9. The third-order valence-corrected chi connectivity index (χ3v) is 11.8. The van der Waals surface area contributed by atoms with E-state index in [1.807, 2.05) is 13.8 Å². The Kier molecular flexibility index (Phi) is 31.9. The molecule has 1 aromatic rings. The van der Waals surface area contributed by atoms with Gasteiger partial charge in [0, 0.05) is 66.2 Å². The van der Waals surface area contributed by atoms with Crippen molar-refractivity contribution in [2.24, 2.45) is 23.5 Å². The molecule has 0 fully saturated rings. The van der Waals surface area contributed by atoms with E-state index in [4.69, 9.17) is 10.8 Å². The molecule has 17 heteroatoms. The van der Waals surface area contributed by atoms with Crippen LogP contribution in [0, 0.1) is 17.8 Å². The highest BCUT2D eigenvalue weighted by molar-refractivity contribution is 5.91. The number of carbonyl (C=O) groups excluding carboxylic acids is 6. The summed E-state index contributed by atoms with van der Waals surface area (Å²) in [5.74, 6) is -7.30. The van der Waals surface area contributed by atoms with Crippen LogP contribution < -0.4 is 21.7 Å². The molecule has 0 radical (unpaired) electrons. The number of ketones is 2. The lowest BCUT2D eigenvalue weighted by Crippen LogP contribution is -2.44. The molecule has 4 atom stereocenters. The van der Waals surface area contributed by atoms with Crippen molar-refractivity contribution in [3.8, 4) is 5.75 Å². The number of primary amides is 1. The molecule has 0 heterocycles. The van der Waals surface area contributed by atoms with Gasteiger partial charge in [0.15, 0.2) is 0 Å². The zero-order valence-corrected chi connectivity index (χ0v) is 40.0. The fourth-order valence-corrected chi connectivity index (χ4v) is 7.90. The lowest BCUT2D eigenvalue weighted by atomic mass is 9.84. The number of benzene rings is 1. The highest BCUT2D eigenvalue weighted by atomic mass is 16.4. The Hall–Kier alpha value is -5.35. The minimum Gasteiger partial charge on any atom is -0.508 e. The summed E-state index contributed by atoms with van der Waals surface area (Å²) in [4.78, 5) is 110. The number of Topliss-reactive ketones (excluding diaryl/α,β-unsaturated/α-hetero) is 2. The van der Waals surface area contributed by atoms with E-state index in [1.165, 1.54) is 37.8 Å². The molecule has 1 rings (SSSR count). The Morgan fingerprint density at radius 1 is 0.537 bits per heavy atom. The first-order valence-electron chi connectivity index (χ1n) is 24.5. The Balaban J connectivity index is 0. The Morgan fingerprint density at radius 2 is 1.00 bits per heavy atom. The number of phenolic OH excluding ortho intramolecular Hbond substituents is 1. The Morgan fingerprint density at radius 3 is 1.46 bits per heavy atom. The van der Waals surface area contributed by atoms with Gasteiger partial charge in [-0.3, -0.25) is 33.6 Å². The number of carboxylic acids is 3. The third kappa shape index (κ3) is 31.3. The molecule has 0 aliphatic heterocycles. The number of hydrogen-bond donors (Lipinski definition) is 8. The van der Waals surface area contributed by atoms with Crippen LogP contribution >= 0.6 is 0 Å². The molecule has 0 saturated heterocycles. The zero-order valence-electron chi connectivity index (χ0n) is 40.0. The molecular weight excluding hydrogens is 865 g/mol. The van der Waals surface area contributed by atoms with E-state index < -0.39 is 65.5 Å². The van der Waals surface area contributed by atoms with Gasteiger partial charge in [-0.1, -0.05) is 109 Å². The monoisotopic (exact) mass is 949 g/mol. The molecule has 1 aromatic carbocycles. The number of aromatic hydroxyl groups is 1. The molecule has 17 nitrogen and oxygen atoms in total. The number of rotatable bonds is 42. The standard InChI is InChI=1S/C50H80N4O13.2H2/c1-35(2)31-40(56)33-37(43(57)34-38(48(51)63)32-36-22-24-39(55)25-23-36)19-17-18-30-52-44(58)28-26-41(49(64)65)54-46(60)29-27-42(50(66)67)53-45(59)20-15-13-11-9-7-5-3-4-6-8-10-12-14-16-21-47(61)62;;/h22-25,35,37-38,41-42,55H,3-21,26-34H2,1-2H3,(H2,51,63)(H,52,58)(H,53,59)(H,54,60)(H,61,62)(H,64,65)(H,66,67);2*1H/t37-,38-,41+,42+;;/m1../s1. The maximum Gasteiger partial charge on any atom is 0.326 e. The van der Waals surface area contributed by atoms with Gasteiger partial charge >= 0.3 is 17.9 Å². The summed E-state index contributed by atoms with van der Waals surface area (Å²) < 4.78 is 0. The highest BCUT2D eigenvalue weighted by Crippen LogP contribution is 2.23. The molecule has 0 bridgehead atoms. The van der Waals surface area contributed by atoms with Gasteiger partial charge in [-0.05, 0) is 68.6 Å². The summed E-state index contributed by atoms with van der Waals surface area (Å²) in [6.45, 7) is 4.02. The molecule has 67 heavy (non-hydrogen) atoms. The number of unbranched alkanes of at least 4 members (excludes halogenated alkanes) is 14. The predicted octanol–water partition coefficient (Wildman–Crippen LogP) is 7.42. The van der Waals surface area contributed by atoms with Crippen molar-refractivity contribution in [1.82, 2.24) is 16.0 Å². The van der Waals surface area contributed by atoms with Crippen molar-refractivity contribution in [2.45, 2.75) is 199 Å². The van der Waals surface area contributed by atoms with Gasteiger partial charge in [-0.2, -0.15) is 0 Å². The van der Waals surface area contributed by atoms with Crippen LogP contribution in [-0.4, -0.2) is 92.2 Å². The maximum absolute atomic E-state index is 13.5. The van der Waals surface area contributed by atoms with E-state index >= 15 is 0 Å². The molecule has 0 aliphatic carbocycles. The number of carbonyl (C=O) groups is 9. The van der Waals surface area contributed by atoms with Gasteiger partial charge in [-0.15, -0.1) is 0 Å². The van der Waals surface area contributed by atoms with Crippen LogP contribution in [0.4, 0.5) is 0 Å². The van der Waals surface area contributed by atoms with Crippen LogP contribution in [0.2, 0.25) is 0 Å². The van der Waals surface area contributed by atoms with Crippen molar-refractivity contribution in [2.75, 3.05) is 6.54 Å². The van der Waals surface area contributed by atoms with Crippen LogP contribution in [0.15, 0.2) is 24.3 Å². The van der Waals surface area contributed by atoms with Crippen molar-refractivity contribution in [3.63, 3.8) is 0 Å². The average Bonchev–Trinajstić information content (AvgIpc) is 3.25. The van der Waals surface area contributed by atoms with Crippen LogP contribution in [0.3, 0.4) is 0 Å². The van der Waals surface area contributed by atoms with Crippen LogP contribution in [0.5, 0.6) is 5.75 Å². The van der Waals surface area contributed by atoms with Gasteiger partial charge in [0.25, 0.3) is 0 Å². The molecule has 382 valence electrons.